The number of carbonyl (C=O) groups excluding carboxylic acids is 1. The summed E-state index contributed by atoms with van der Waals surface area (Å²) in [7, 11) is 0. The summed E-state index contributed by atoms with van der Waals surface area (Å²) in [5.41, 5.74) is 4.84. The smallest absolute Gasteiger partial charge is 0.404 e. The van der Waals surface area contributed by atoms with Crippen molar-refractivity contribution in [2.45, 2.75) is 32.1 Å². The lowest BCUT2D eigenvalue weighted by atomic mass is 10.1. The Morgan fingerprint density at radius 3 is 2.78 bits per heavy atom. The highest BCUT2D eigenvalue weighted by Crippen LogP contribution is 2.34. The number of hydrogen-bond acceptors (Lipinski definition) is 7. The van der Waals surface area contributed by atoms with Crippen LogP contribution in [-0.2, 0) is 19.3 Å². The molecule has 2 aromatic heterocycles. The Labute approximate surface area is 242 Å². The molecular formula is C29H33N7O4S. The minimum absolute atomic E-state index is 0.0700. The van der Waals surface area contributed by atoms with E-state index in [1.807, 2.05) is 30.5 Å². The fraction of sp³-hybridized carbons (Fsp3) is 0.345. The van der Waals surface area contributed by atoms with E-state index in [9.17, 15) is 9.59 Å². The van der Waals surface area contributed by atoms with E-state index in [4.69, 9.17) is 14.8 Å². The van der Waals surface area contributed by atoms with Crippen molar-refractivity contribution in [1.29, 1.82) is 0 Å². The Hall–Kier alpha value is -4.45. The lowest BCUT2D eigenvalue weighted by Gasteiger charge is -2.16. The van der Waals surface area contributed by atoms with E-state index in [0.29, 0.717) is 45.0 Å². The molecule has 11 nitrogen and oxygen atoms in total. The molecule has 4 aromatic rings. The molecule has 41 heavy (non-hydrogen) atoms. The van der Waals surface area contributed by atoms with E-state index >= 15 is 0 Å². The van der Waals surface area contributed by atoms with Crippen LogP contribution in [0.2, 0.25) is 0 Å². The lowest BCUT2D eigenvalue weighted by Crippen LogP contribution is -2.31. The van der Waals surface area contributed by atoms with Crippen molar-refractivity contribution < 1.29 is 19.4 Å². The van der Waals surface area contributed by atoms with Gasteiger partial charge in [-0.2, -0.15) is 0 Å². The van der Waals surface area contributed by atoms with Gasteiger partial charge in [0.15, 0.2) is 0 Å². The van der Waals surface area contributed by atoms with E-state index in [-0.39, 0.29) is 6.03 Å². The van der Waals surface area contributed by atoms with Gasteiger partial charge in [-0.1, -0.05) is 35.5 Å². The van der Waals surface area contributed by atoms with Crippen molar-refractivity contribution in [2.75, 3.05) is 32.8 Å². The number of benzene rings is 2. The third kappa shape index (κ3) is 7.82. The Morgan fingerprint density at radius 1 is 1.10 bits per heavy atom. The number of urea groups is 1. The second kappa shape index (κ2) is 13.8. The zero-order valence-electron chi connectivity index (χ0n) is 22.7. The van der Waals surface area contributed by atoms with Crippen molar-refractivity contribution in [3.05, 3.63) is 77.1 Å². The van der Waals surface area contributed by atoms with Gasteiger partial charge in [-0.3, -0.25) is 0 Å². The van der Waals surface area contributed by atoms with Crippen molar-refractivity contribution in [3.63, 3.8) is 0 Å². The molecular weight excluding hydrogens is 542 g/mol. The van der Waals surface area contributed by atoms with E-state index in [1.54, 1.807) is 20.9 Å². The van der Waals surface area contributed by atoms with Gasteiger partial charge in [-0.05, 0) is 49.8 Å². The number of thiazole rings is 1. The number of hydrogen-bond donors (Lipinski definition) is 3. The van der Waals surface area contributed by atoms with Crippen LogP contribution >= 0.6 is 11.3 Å². The maximum Gasteiger partial charge on any atom is 0.404 e. The molecule has 0 saturated carbocycles. The number of ether oxygens (including phenoxy) is 1. The molecule has 12 heteroatoms. The number of nitrogens with one attached hydrogen (secondary N) is 2. The van der Waals surface area contributed by atoms with Gasteiger partial charge in [0.05, 0.1) is 35.4 Å². The molecule has 1 saturated heterocycles. The second-order valence-corrected chi connectivity index (χ2v) is 10.6. The summed E-state index contributed by atoms with van der Waals surface area (Å²) in [5, 5.41) is 25.4. The van der Waals surface area contributed by atoms with E-state index in [2.05, 4.69) is 50.6 Å². The summed E-state index contributed by atoms with van der Waals surface area (Å²) >= 11 is 1.59. The van der Waals surface area contributed by atoms with Gasteiger partial charge in [-0.25, -0.2) is 19.3 Å². The summed E-state index contributed by atoms with van der Waals surface area (Å²) in [6.07, 6.45) is 4.87. The van der Waals surface area contributed by atoms with Gasteiger partial charge < -0.3 is 25.4 Å². The summed E-state index contributed by atoms with van der Waals surface area (Å²) in [4.78, 5) is 29.2. The molecule has 2 aromatic carbocycles. The van der Waals surface area contributed by atoms with Crippen LogP contribution in [0.4, 0.5) is 9.59 Å². The molecule has 0 atom stereocenters. The number of rotatable bonds is 14. The van der Waals surface area contributed by atoms with E-state index in [1.165, 1.54) is 5.56 Å². The van der Waals surface area contributed by atoms with Crippen molar-refractivity contribution in [3.8, 4) is 22.0 Å². The first kappa shape index (κ1) is 28.1. The molecule has 1 aliphatic heterocycles. The maximum atomic E-state index is 12.0. The molecule has 5 rings (SSSR count). The summed E-state index contributed by atoms with van der Waals surface area (Å²) in [6.45, 7) is 2.56. The molecule has 0 unspecified atom stereocenters. The third-order valence-electron chi connectivity index (χ3n) is 6.77. The number of aromatic nitrogens is 4. The monoisotopic (exact) mass is 575 g/mol. The fourth-order valence-electron chi connectivity index (χ4n) is 4.57. The Kier molecular flexibility index (Phi) is 9.42. The average Bonchev–Trinajstić information content (AvgIpc) is 3.74. The molecule has 1 aliphatic rings. The van der Waals surface area contributed by atoms with Crippen LogP contribution in [0.1, 0.15) is 29.8 Å². The molecule has 3 heterocycles. The van der Waals surface area contributed by atoms with Crippen LogP contribution in [0.5, 0.6) is 5.75 Å². The topological polar surface area (TPSA) is 134 Å². The van der Waals surface area contributed by atoms with Crippen LogP contribution in [0.15, 0.2) is 60.1 Å². The average molecular weight is 576 g/mol. The quantitative estimate of drug-likeness (QED) is 0.192. The first-order valence-electron chi connectivity index (χ1n) is 13.7. The van der Waals surface area contributed by atoms with Crippen LogP contribution in [-0.4, -0.2) is 74.9 Å². The Morgan fingerprint density at radius 2 is 1.98 bits per heavy atom. The van der Waals surface area contributed by atoms with Crippen LogP contribution < -0.4 is 15.4 Å². The molecule has 0 aliphatic carbocycles. The lowest BCUT2D eigenvalue weighted by molar-refractivity contribution is 0.194. The number of aryl methyl sites for hydroxylation is 3. The zero-order valence-corrected chi connectivity index (χ0v) is 23.5. The maximum absolute atomic E-state index is 12.0. The predicted molar refractivity (Wildman–Crippen MR) is 156 cm³/mol. The standard InChI is InChI=1S/C29H33N7O4S/c37-28-30-14-15-35(28)16-17-40-26-18-24(36-19-22(33-34-36)8-4-5-13-31-29(38)39)11-12-25(26)27-32-23(20-41-27)10-9-21-6-2-1-3-7-21/h1-3,6-7,11-12,18-20,31H,4-5,8-10,13-17H2,(H,30,37)(H,38,39). The van der Waals surface area contributed by atoms with Crippen LogP contribution in [0.25, 0.3) is 16.3 Å². The van der Waals surface area contributed by atoms with Gasteiger partial charge in [0.2, 0.25) is 0 Å². The van der Waals surface area contributed by atoms with Crippen LogP contribution in [0, 0.1) is 0 Å². The molecule has 3 N–H and O–H groups in total. The molecule has 0 spiro atoms. The summed E-state index contributed by atoms with van der Waals surface area (Å²) in [6, 6.07) is 16.2. The van der Waals surface area contributed by atoms with E-state index < -0.39 is 6.09 Å². The number of amides is 3. The molecule has 1 fully saturated rings. The number of nitrogens with zero attached hydrogens (tertiary/aromatic N) is 5. The SMILES string of the molecule is O=C(O)NCCCCc1cn(-c2ccc(-c3nc(CCc4ccccc4)cs3)c(OCCN3CCNC3=O)c2)nn1. The van der Waals surface area contributed by atoms with E-state index in [0.717, 1.165) is 53.3 Å². The largest absolute Gasteiger partial charge is 0.491 e. The first-order chi connectivity index (χ1) is 20.0. The summed E-state index contributed by atoms with van der Waals surface area (Å²) in [5.74, 6) is 0.669. The molecule has 214 valence electrons. The minimum Gasteiger partial charge on any atom is -0.491 e. The highest BCUT2D eigenvalue weighted by molar-refractivity contribution is 7.13. The number of carbonyl (C=O) groups is 2. The Bertz CT molecular complexity index is 1460. The zero-order chi connectivity index (χ0) is 28.4. The van der Waals surface area contributed by atoms with Crippen LogP contribution in [0.3, 0.4) is 0 Å². The minimum atomic E-state index is -1.01. The van der Waals surface area contributed by atoms with Crippen molar-refractivity contribution in [2.24, 2.45) is 0 Å². The normalized spacial score (nSPS) is 12.9. The Balaban J connectivity index is 1.29. The van der Waals surface area contributed by atoms with Gasteiger partial charge in [-0.15, -0.1) is 16.4 Å². The van der Waals surface area contributed by atoms with Gasteiger partial charge in [0, 0.05) is 31.1 Å². The summed E-state index contributed by atoms with van der Waals surface area (Å²) < 4.78 is 7.96. The van der Waals surface area contributed by atoms with Gasteiger partial charge in [0.25, 0.3) is 0 Å². The van der Waals surface area contributed by atoms with Gasteiger partial charge in [0.1, 0.15) is 17.4 Å². The number of carboxylic acid groups (broad SMARTS) is 1. The third-order valence-corrected chi connectivity index (χ3v) is 7.69. The predicted octanol–water partition coefficient (Wildman–Crippen LogP) is 4.17. The van der Waals surface area contributed by atoms with Gasteiger partial charge >= 0.3 is 12.1 Å². The van der Waals surface area contributed by atoms with Crippen molar-refractivity contribution >= 4 is 23.5 Å². The molecule has 0 radical (unpaired) electrons. The second-order valence-electron chi connectivity index (χ2n) is 9.72. The number of unbranched alkanes of at least 4 members (excludes halogenated alkanes) is 1. The highest BCUT2D eigenvalue weighted by Gasteiger charge is 2.20. The highest BCUT2D eigenvalue weighted by atomic mass is 32.1. The molecule has 0 bridgehead atoms. The fourth-order valence-corrected chi connectivity index (χ4v) is 5.45. The van der Waals surface area contributed by atoms with Crippen molar-refractivity contribution in [1.82, 2.24) is 35.5 Å². The first-order valence-corrected chi connectivity index (χ1v) is 14.6. The molecule has 3 amide bonds.